The van der Waals surface area contributed by atoms with Gasteiger partial charge >= 0.3 is 0 Å². The first-order chi connectivity index (χ1) is 8.13. The Bertz CT molecular complexity index is 324. The van der Waals surface area contributed by atoms with Crippen LogP contribution in [0.1, 0.15) is 38.2 Å². The van der Waals surface area contributed by atoms with E-state index in [0.29, 0.717) is 13.2 Å². The predicted molar refractivity (Wildman–Crippen MR) is 66.7 cm³/mol. The predicted octanol–water partition coefficient (Wildman–Crippen LogP) is 2.07. The molecule has 1 atom stereocenters. The van der Waals surface area contributed by atoms with Crippen LogP contribution in [0.4, 0.5) is 0 Å². The lowest BCUT2D eigenvalue weighted by Crippen LogP contribution is -2.45. The molecule has 17 heavy (non-hydrogen) atoms. The summed E-state index contributed by atoms with van der Waals surface area (Å²) in [6.45, 7) is 5.38. The number of hydrogen-bond acceptors (Lipinski definition) is 4. The molecule has 2 N–H and O–H groups in total. The number of aliphatic hydroxyl groups is 1. The average molecular weight is 241 g/mol. The summed E-state index contributed by atoms with van der Waals surface area (Å²) in [5.74, 6) is 1.69. The second-order valence-corrected chi connectivity index (χ2v) is 4.62. The molecule has 0 saturated heterocycles. The Morgan fingerprint density at radius 1 is 1.41 bits per heavy atom. The molecule has 0 aliphatic carbocycles. The zero-order valence-electron chi connectivity index (χ0n) is 11.0. The number of rotatable bonds is 8. The molecule has 1 aromatic heterocycles. The maximum Gasteiger partial charge on any atom is 0.129 e. The summed E-state index contributed by atoms with van der Waals surface area (Å²) in [7, 11) is 1.64. The van der Waals surface area contributed by atoms with Gasteiger partial charge in [-0.15, -0.1) is 0 Å². The minimum atomic E-state index is -0.233. The lowest BCUT2D eigenvalue weighted by atomic mass is 9.97. The van der Waals surface area contributed by atoms with E-state index < -0.39 is 0 Å². The van der Waals surface area contributed by atoms with Crippen molar-refractivity contribution < 1.29 is 14.3 Å². The standard InChI is InChI=1S/C13H23NO3/c1-4-7-13(2,10-15)14-8-11-5-6-12(17-11)9-16-3/h5-6,14-15H,4,7-10H2,1-3H3. The Hall–Kier alpha value is -0.840. The van der Waals surface area contributed by atoms with Crippen molar-refractivity contribution in [1.82, 2.24) is 5.32 Å². The van der Waals surface area contributed by atoms with Gasteiger partial charge in [0.1, 0.15) is 18.1 Å². The van der Waals surface area contributed by atoms with Gasteiger partial charge in [-0.1, -0.05) is 13.3 Å². The number of hydrogen-bond donors (Lipinski definition) is 2. The van der Waals surface area contributed by atoms with Gasteiger partial charge in [0.15, 0.2) is 0 Å². The van der Waals surface area contributed by atoms with Crippen molar-refractivity contribution in [3.8, 4) is 0 Å². The van der Waals surface area contributed by atoms with Crippen LogP contribution in [0.25, 0.3) is 0 Å². The summed E-state index contributed by atoms with van der Waals surface area (Å²) in [5.41, 5.74) is -0.233. The molecule has 0 aromatic carbocycles. The molecule has 0 bridgehead atoms. The number of methoxy groups -OCH3 is 1. The number of nitrogens with one attached hydrogen (secondary N) is 1. The lowest BCUT2D eigenvalue weighted by Gasteiger charge is -2.28. The van der Waals surface area contributed by atoms with Gasteiger partial charge < -0.3 is 19.6 Å². The van der Waals surface area contributed by atoms with Crippen molar-refractivity contribution in [1.29, 1.82) is 0 Å². The summed E-state index contributed by atoms with van der Waals surface area (Å²) in [4.78, 5) is 0. The molecule has 4 nitrogen and oxygen atoms in total. The van der Waals surface area contributed by atoms with Crippen LogP contribution in [0.5, 0.6) is 0 Å². The second-order valence-electron chi connectivity index (χ2n) is 4.62. The average Bonchev–Trinajstić information content (AvgIpc) is 2.75. The minimum absolute atomic E-state index is 0.131. The van der Waals surface area contributed by atoms with Crippen LogP contribution in [0.3, 0.4) is 0 Å². The molecule has 0 spiro atoms. The van der Waals surface area contributed by atoms with E-state index in [2.05, 4.69) is 12.2 Å². The minimum Gasteiger partial charge on any atom is -0.462 e. The van der Waals surface area contributed by atoms with Crippen LogP contribution in [-0.2, 0) is 17.9 Å². The summed E-state index contributed by atoms with van der Waals surface area (Å²) in [6, 6.07) is 3.85. The maximum atomic E-state index is 9.37. The fourth-order valence-corrected chi connectivity index (χ4v) is 1.81. The van der Waals surface area contributed by atoms with Crippen molar-refractivity contribution in [2.24, 2.45) is 0 Å². The van der Waals surface area contributed by atoms with E-state index in [1.165, 1.54) is 0 Å². The van der Waals surface area contributed by atoms with Crippen LogP contribution in [0.2, 0.25) is 0 Å². The summed E-state index contributed by atoms with van der Waals surface area (Å²) in [5, 5.41) is 12.7. The third-order valence-corrected chi connectivity index (χ3v) is 2.84. The second kappa shape index (κ2) is 6.79. The Kier molecular flexibility index (Phi) is 5.68. The van der Waals surface area contributed by atoms with Gasteiger partial charge in [0, 0.05) is 12.6 Å². The Morgan fingerprint density at radius 3 is 2.71 bits per heavy atom. The molecule has 0 fully saturated rings. The first kappa shape index (κ1) is 14.2. The number of furan rings is 1. The van der Waals surface area contributed by atoms with Gasteiger partial charge in [-0.05, 0) is 25.5 Å². The molecular formula is C13H23NO3. The van der Waals surface area contributed by atoms with Gasteiger partial charge in [-0.2, -0.15) is 0 Å². The highest BCUT2D eigenvalue weighted by atomic mass is 16.5. The SMILES string of the molecule is CCCC(C)(CO)NCc1ccc(COC)o1. The molecule has 0 aliphatic heterocycles. The first-order valence-corrected chi connectivity index (χ1v) is 6.06. The largest absolute Gasteiger partial charge is 0.462 e. The molecule has 4 heteroatoms. The first-order valence-electron chi connectivity index (χ1n) is 6.06. The highest BCUT2D eigenvalue weighted by Gasteiger charge is 2.21. The van der Waals surface area contributed by atoms with E-state index in [9.17, 15) is 5.11 Å². The molecule has 98 valence electrons. The zero-order chi connectivity index (χ0) is 12.7. The van der Waals surface area contributed by atoms with Gasteiger partial charge in [0.2, 0.25) is 0 Å². The number of aliphatic hydroxyl groups excluding tert-OH is 1. The molecule has 1 aromatic rings. The van der Waals surface area contributed by atoms with Crippen LogP contribution in [-0.4, -0.2) is 24.4 Å². The number of ether oxygens (including phenoxy) is 1. The summed E-state index contributed by atoms with van der Waals surface area (Å²) < 4.78 is 10.6. The van der Waals surface area contributed by atoms with E-state index in [1.807, 2.05) is 19.1 Å². The van der Waals surface area contributed by atoms with Gasteiger partial charge in [-0.25, -0.2) is 0 Å². The van der Waals surface area contributed by atoms with Crippen LogP contribution in [0, 0.1) is 0 Å². The third-order valence-electron chi connectivity index (χ3n) is 2.84. The van der Waals surface area contributed by atoms with E-state index in [4.69, 9.17) is 9.15 Å². The topological polar surface area (TPSA) is 54.6 Å². The lowest BCUT2D eigenvalue weighted by molar-refractivity contribution is 0.153. The van der Waals surface area contributed by atoms with Crippen molar-refractivity contribution in [2.75, 3.05) is 13.7 Å². The van der Waals surface area contributed by atoms with Crippen molar-refractivity contribution in [2.45, 2.75) is 45.4 Å². The normalized spacial score (nSPS) is 14.8. The highest BCUT2D eigenvalue weighted by Crippen LogP contribution is 2.14. The van der Waals surface area contributed by atoms with E-state index in [1.54, 1.807) is 7.11 Å². The molecule has 0 aliphatic rings. The smallest absolute Gasteiger partial charge is 0.129 e. The Morgan fingerprint density at radius 2 is 2.12 bits per heavy atom. The maximum absolute atomic E-state index is 9.37. The highest BCUT2D eigenvalue weighted by molar-refractivity contribution is 5.06. The molecule has 1 unspecified atom stereocenters. The van der Waals surface area contributed by atoms with Gasteiger partial charge in [0.05, 0.1) is 13.2 Å². The fourth-order valence-electron chi connectivity index (χ4n) is 1.81. The molecule has 0 amide bonds. The van der Waals surface area contributed by atoms with Crippen LogP contribution >= 0.6 is 0 Å². The Balaban J connectivity index is 2.47. The quantitative estimate of drug-likeness (QED) is 0.731. The fraction of sp³-hybridized carbons (Fsp3) is 0.692. The van der Waals surface area contributed by atoms with E-state index >= 15 is 0 Å². The third kappa shape index (κ3) is 4.50. The Labute approximate surface area is 103 Å². The molecule has 0 radical (unpaired) electrons. The van der Waals surface area contributed by atoms with Crippen LogP contribution in [0.15, 0.2) is 16.5 Å². The molecular weight excluding hydrogens is 218 g/mol. The van der Waals surface area contributed by atoms with Crippen molar-refractivity contribution >= 4 is 0 Å². The van der Waals surface area contributed by atoms with Crippen LogP contribution < -0.4 is 5.32 Å². The van der Waals surface area contributed by atoms with E-state index in [-0.39, 0.29) is 12.1 Å². The summed E-state index contributed by atoms with van der Waals surface area (Å²) in [6.07, 6.45) is 1.98. The van der Waals surface area contributed by atoms with Crippen molar-refractivity contribution in [3.63, 3.8) is 0 Å². The van der Waals surface area contributed by atoms with Gasteiger partial charge in [-0.3, -0.25) is 0 Å². The molecule has 1 heterocycles. The monoisotopic (exact) mass is 241 g/mol. The van der Waals surface area contributed by atoms with E-state index in [0.717, 1.165) is 24.4 Å². The zero-order valence-corrected chi connectivity index (χ0v) is 11.0. The molecule has 0 saturated carbocycles. The summed E-state index contributed by atoms with van der Waals surface area (Å²) >= 11 is 0. The van der Waals surface area contributed by atoms with Crippen molar-refractivity contribution in [3.05, 3.63) is 23.7 Å². The van der Waals surface area contributed by atoms with Gasteiger partial charge in [0.25, 0.3) is 0 Å². The molecule has 1 rings (SSSR count).